The van der Waals surface area contributed by atoms with Crippen molar-refractivity contribution >= 4 is 0 Å². The zero-order valence-corrected chi connectivity index (χ0v) is 17.6. The first-order chi connectivity index (χ1) is 12.4. The van der Waals surface area contributed by atoms with Crippen LogP contribution >= 0.6 is 0 Å². The van der Waals surface area contributed by atoms with Crippen molar-refractivity contribution in [2.75, 3.05) is 13.7 Å². The molecule has 2 unspecified atom stereocenters. The highest BCUT2D eigenvalue weighted by atomic mass is 16.5. The van der Waals surface area contributed by atoms with Gasteiger partial charge in [0.25, 0.3) is 0 Å². The number of fused-ring (bicyclic) bond motifs is 2. The molecular formula is C24H39NO. The fraction of sp³-hybridized carbons (Fsp3) is 0.750. The third kappa shape index (κ3) is 4.63. The molecule has 3 rings (SSSR count). The minimum absolute atomic E-state index is 0.425. The number of hydrogen-bond donors (Lipinski definition) is 0. The highest BCUT2D eigenvalue weighted by molar-refractivity contribution is 5.27. The number of rotatable bonds is 7. The van der Waals surface area contributed by atoms with Gasteiger partial charge < -0.3 is 4.74 Å². The van der Waals surface area contributed by atoms with Gasteiger partial charge in [-0.15, -0.1) is 0 Å². The second kappa shape index (κ2) is 8.33. The molecule has 0 heterocycles. The molecule has 1 aromatic rings. The van der Waals surface area contributed by atoms with Gasteiger partial charge in [-0.2, -0.15) is 0 Å². The van der Waals surface area contributed by atoms with E-state index >= 15 is 0 Å². The molecule has 2 saturated carbocycles. The van der Waals surface area contributed by atoms with Gasteiger partial charge in [0.1, 0.15) is 5.75 Å². The number of methoxy groups -OCH3 is 1. The molecule has 2 fully saturated rings. The molecule has 2 nitrogen and oxygen atoms in total. The summed E-state index contributed by atoms with van der Waals surface area (Å²) in [6.07, 6.45) is 8.41. The van der Waals surface area contributed by atoms with E-state index in [0.29, 0.717) is 5.54 Å². The lowest BCUT2D eigenvalue weighted by Gasteiger charge is -2.55. The van der Waals surface area contributed by atoms with Crippen molar-refractivity contribution in [2.45, 2.75) is 78.3 Å². The number of nitrogens with zero attached hydrogens (tertiary/aromatic N) is 1. The molecule has 2 bridgehead atoms. The Morgan fingerprint density at radius 1 is 1.04 bits per heavy atom. The number of hydrogen-bond acceptors (Lipinski definition) is 2. The van der Waals surface area contributed by atoms with Gasteiger partial charge in [0.2, 0.25) is 0 Å². The maximum absolute atomic E-state index is 5.35. The lowest BCUT2D eigenvalue weighted by atomic mass is 9.60. The molecule has 0 amide bonds. The maximum Gasteiger partial charge on any atom is 0.118 e. The summed E-state index contributed by atoms with van der Waals surface area (Å²) in [5.74, 6) is 4.41. The van der Waals surface area contributed by atoms with Crippen LogP contribution in [-0.2, 0) is 6.54 Å². The van der Waals surface area contributed by atoms with Gasteiger partial charge in [-0.25, -0.2) is 0 Å². The first-order valence-corrected chi connectivity index (χ1v) is 10.8. The molecular weight excluding hydrogens is 318 g/mol. The average Bonchev–Trinajstić information content (AvgIpc) is 2.57. The largest absolute Gasteiger partial charge is 0.497 e. The van der Waals surface area contributed by atoms with Gasteiger partial charge in [-0.1, -0.05) is 39.8 Å². The summed E-state index contributed by atoms with van der Waals surface area (Å²) in [7, 11) is 1.75. The molecule has 2 aliphatic carbocycles. The van der Waals surface area contributed by atoms with Crippen LogP contribution in [-0.4, -0.2) is 24.1 Å². The van der Waals surface area contributed by atoms with E-state index in [9.17, 15) is 0 Å². The topological polar surface area (TPSA) is 12.5 Å². The predicted molar refractivity (Wildman–Crippen MR) is 110 cm³/mol. The van der Waals surface area contributed by atoms with Crippen molar-refractivity contribution in [3.05, 3.63) is 29.8 Å². The van der Waals surface area contributed by atoms with Gasteiger partial charge in [-0.05, 0) is 86.4 Å². The van der Waals surface area contributed by atoms with Crippen molar-refractivity contribution in [1.82, 2.24) is 4.90 Å². The Labute approximate surface area is 161 Å². The number of benzene rings is 1. The Kier molecular flexibility index (Phi) is 6.33. The maximum atomic E-state index is 5.35. The molecule has 0 saturated heterocycles. The molecule has 2 heteroatoms. The lowest BCUT2D eigenvalue weighted by Crippen LogP contribution is -2.56. The third-order valence-electron chi connectivity index (χ3n) is 6.78. The molecule has 0 aromatic heterocycles. The Balaban J connectivity index is 1.83. The Morgan fingerprint density at radius 2 is 1.65 bits per heavy atom. The average molecular weight is 358 g/mol. The summed E-state index contributed by atoms with van der Waals surface area (Å²) >= 11 is 0. The van der Waals surface area contributed by atoms with E-state index < -0.39 is 0 Å². The summed E-state index contributed by atoms with van der Waals surface area (Å²) in [5.41, 5.74) is 1.85. The van der Waals surface area contributed by atoms with E-state index in [1.54, 1.807) is 7.11 Å². The Bertz CT molecular complexity index is 545. The second-order valence-corrected chi connectivity index (χ2v) is 9.84. The van der Waals surface area contributed by atoms with Crippen LogP contribution in [0.15, 0.2) is 24.3 Å². The quantitative estimate of drug-likeness (QED) is 0.580. The van der Waals surface area contributed by atoms with E-state index in [-0.39, 0.29) is 0 Å². The fourth-order valence-corrected chi connectivity index (χ4v) is 5.89. The van der Waals surface area contributed by atoms with Crippen LogP contribution in [0.5, 0.6) is 5.75 Å². The molecule has 26 heavy (non-hydrogen) atoms. The van der Waals surface area contributed by atoms with Crippen molar-refractivity contribution in [1.29, 1.82) is 0 Å². The first-order valence-electron chi connectivity index (χ1n) is 10.8. The molecule has 2 atom stereocenters. The van der Waals surface area contributed by atoms with Crippen molar-refractivity contribution in [3.8, 4) is 5.75 Å². The van der Waals surface area contributed by atoms with Gasteiger partial charge in [0.05, 0.1) is 7.11 Å². The van der Waals surface area contributed by atoms with E-state index in [4.69, 9.17) is 4.74 Å². The summed E-state index contributed by atoms with van der Waals surface area (Å²) < 4.78 is 5.35. The molecule has 0 aliphatic heterocycles. The van der Waals surface area contributed by atoms with Crippen LogP contribution in [0.4, 0.5) is 0 Å². The molecule has 0 radical (unpaired) electrons. The van der Waals surface area contributed by atoms with Gasteiger partial charge >= 0.3 is 0 Å². The summed E-state index contributed by atoms with van der Waals surface area (Å²) in [6.45, 7) is 12.0. The van der Waals surface area contributed by atoms with Crippen LogP contribution in [0.2, 0.25) is 0 Å². The van der Waals surface area contributed by atoms with Crippen LogP contribution in [0.25, 0.3) is 0 Å². The lowest BCUT2D eigenvalue weighted by molar-refractivity contribution is -0.0466. The predicted octanol–water partition coefficient (Wildman–Crippen LogP) is 6.15. The summed E-state index contributed by atoms with van der Waals surface area (Å²) in [6, 6.07) is 8.74. The highest BCUT2D eigenvalue weighted by Crippen LogP contribution is 2.50. The Hall–Kier alpha value is -1.02. The Morgan fingerprint density at radius 3 is 2.19 bits per heavy atom. The van der Waals surface area contributed by atoms with Gasteiger partial charge in [0, 0.05) is 12.1 Å². The molecule has 0 N–H and O–H groups in total. The van der Waals surface area contributed by atoms with Gasteiger partial charge in [0.15, 0.2) is 0 Å². The first kappa shape index (κ1) is 19.7. The molecule has 146 valence electrons. The van der Waals surface area contributed by atoms with Crippen LogP contribution in [0.1, 0.15) is 71.8 Å². The van der Waals surface area contributed by atoms with Crippen molar-refractivity contribution < 1.29 is 4.74 Å². The second-order valence-electron chi connectivity index (χ2n) is 9.84. The van der Waals surface area contributed by atoms with E-state index in [1.165, 1.54) is 50.6 Å². The van der Waals surface area contributed by atoms with E-state index in [2.05, 4.69) is 56.9 Å². The highest BCUT2D eigenvalue weighted by Gasteiger charge is 2.47. The number of ether oxygens (including phenoxy) is 1. The molecule has 2 aliphatic rings. The fourth-order valence-electron chi connectivity index (χ4n) is 5.89. The third-order valence-corrected chi connectivity index (χ3v) is 6.78. The summed E-state index contributed by atoms with van der Waals surface area (Å²) in [4.78, 5) is 2.88. The van der Waals surface area contributed by atoms with E-state index in [0.717, 1.165) is 36.0 Å². The standard InChI is InChI=1S/C24H39NO/c1-18(2)10-11-25(17-21-6-8-23(26-5)9-7-21)24-14-19(3)12-22(16-24)13-20(4)15-24/h6-9,18-20,22H,10-17H2,1-5H3. The monoisotopic (exact) mass is 357 g/mol. The van der Waals surface area contributed by atoms with Crippen molar-refractivity contribution in [2.24, 2.45) is 23.7 Å². The van der Waals surface area contributed by atoms with Crippen molar-refractivity contribution in [3.63, 3.8) is 0 Å². The summed E-state index contributed by atoms with van der Waals surface area (Å²) in [5, 5.41) is 0. The van der Waals surface area contributed by atoms with E-state index in [1.807, 2.05) is 0 Å². The minimum atomic E-state index is 0.425. The molecule has 1 aromatic carbocycles. The SMILES string of the molecule is COc1ccc(CN(CCC(C)C)C23CC(C)CC(CC(C)C2)C3)cc1. The minimum Gasteiger partial charge on any atom is -0.497 e. The van der Waals surface area contributed by atoms with Gasteiger partial charge in [-0.3, -0.25) is 4.90 Å². The smallest absolute Gasteiger partial charge is 0.118 e. The van der Waals surface area contributed by atoms with Crippen LogP contribution in [0, 0.1) is 23.7 Å². The normalized spacial score (nSPS) is 31.4. The zero-order valence-electron chi connectivity index (χ0n) is 17.6. The van der Waals surface area contributed by atoms with Crippen LogP contribution in [0.3, 0.4) is 0 Å². The molecule has 0 spiro atoms. The van der Waals surface area contributed by atoms with Crippen LogP contribution < -0.4 is 4.74 Å². The zero-order chi connectivity index (χ0) is 18.7.